The van der Waals surface area contributed by atoms with Crippen molar-refractivity contribution >= 4 is 41.5 Å². The molecule has 0 unspecified atom stereocenters. The van der Waals surface area contributed by atoms with Crippen LogP contribution in [0.5, 0.6) is 0 Å². The lowest BCUT2D eigenvalue weighted by Crippen LogP contribution is -1.85. The van der Waals surface area contributed by atoms with Crippen LogP contribution in [0.15, 0.2) is 54.6 Å². The molecule has 2 rings (SSSR count). The van der Waals surface area contributed by atoms with Crippen molar-refractivity contribution in [1.82, 2.24) is 0 Å². The Morgan fingerprint density at radius 3 is 1.82 bits per heavy atom. The zero-order valence-electron chi connectivity index (χ0n) is 9.11. The topological polar surface area (TPSA) is 0 Å². The van der Waals surface area contributed by atoms with Crippen LogP contribution in [-0.4, -0.2) is 11.4 Å². The zero-order chi connectivity index (χ0) is 12.5. The first-order chi connectivity index (χ1) is 8.18. The Kier molecular flexibility index (Phi) is 7.77. The third-order valence-electron chi connectivity index (χ3n) is 2.04. The van der Waals surface area contributed by atoms with Crippen LogP contribution in [0.2, 0.25) is 0 Å². The van der Waals surface area contributed by atoms with Gasteiger partial charge >= 0.3 is 11.4 Å². The molecule has 0 nitrogen and oxygen atoms in total. The Bertz CT molecular complexity index is 363. The smallest absolute Gasteiger partial charge is 0.214 e. The minimum absolute atomic E-state index is 1.01. The molecule has 2 aromatic rings. The van der Waals surface area contributed by atoms with Gasteiger partial charge in [0.25, 0.3) is 0 Å². The maximum Gasteiger partial charge on any atom is 0.643 e. The maximum atomic E-state index is 4.94. The molecule has 1 radical (unpaired) electrons. The summed E-state index contributed by atoms with van der Waals surface area (Å²) in [5.74, 6) is 0. The molecular weight excluding hydrogens is 289 g/mol. The lowest BCUT2D eigenvalue weighted by Gasteiger charge is -1.99. The minimum Gasteiger partial charge on any atom is -0.214 e. The van der Waals surface area contributed by atoms with Gasteiger partial charge in [0.05, 0.1) is 0 Å². The molecule has 4 heteroatoms. The van der Waals surface area contributed by atoms with Gasteiger partial charge in [-0.05, 0) is 23.6 Å². The van der Waals surface area contributed by atoms with E-state index in [2.05, 4.69) is 42.5 Å². The van der Waals surface area contributed by atoms with E-state index < -0.39 is 11.4 Å². The molecule has 2 aromatic carbocycles. The average molecular weight is 301 g/mol. The first kappa shape index (κ1) is 14.9. The van der Waals surface area contributed by atoms with E-state index in [-0.39, 0.29) is 0 Å². The molecule has 0 aromatic heterocycles. The van der Waals surface area contributed by atoms with E-state index in [1.54, 1.807) is 0 Å². The molecule has 0 aliphatic heterocycles. The number of hydrogen-bond acceptors (Lipinski definition) is 0. The molecule has 0 amide bonds. The number of hydrogen-bond donors (Lipinski definition) is 0. The molecule has 0 atom stereocenters. The second-order valence-corrected chi connectivity index (χ2v) is 9.75. The van der Waals surface area contributed by atoms with Gasteiger partial charge in [-0.3, -0.25) is 0 Å². The molecule has 87 valence electrons. The van der Waals surface area contributed by atoms with Crippen LogP contribution in [0.3, 0.4) is 0 Å². The quantitative estimate of drug-likeness (QED) is 0.701. The van der Waals surface area contributed by atoms with E-state index in [1.165, 1.54) is 11.1 Å². The lowest BCUT2D eigenvalue weighted by atomic mass is 10.1. The molecular formula is C13H11AlCl3. The van der Waals surface area contributed by atoms with Crippen LogP contribution in [-0.2, 0) is 6.42 Å². The van der Waals surface area contributed by atoms with Gasteiger partial charge in [0.15, 0.2) is 0 Å². The van der Waals surface area contributed by atoms with Gasteiger partial charge < -0.3 is 0 Å². The molecule has 0 spiro atoms. The van der Waals surface area contributed by atoms with Gasteiger partial charge in [0, 0.05) is 0 Å². The third-order valence-corrected chi connectivity index (χ3v) is 2.04. The highest BCUT2D eigenvalue weighted by Crippen LogP contribution is 2.07. The van der Waals surface area contributed by atoms with E-state index >= 15 is 0 Å². The molecule has 0 aliphatic rings. The average Bonchev–Trinajstić information content (AvgIpc) is 2.31. The van der Waals surface area contributed by atoms with Crippen LogP contribution in [0.4, 0.5) is 0 Å². The molecule has 0 bridgehead atoms. The van der Waals surface area contributed by atoms with E-state index in [4.69, 9.17) is 30.1 Å². The summed E-state index contributed by atoms with van der Waals surface area (Å²) in [6.45, 7) is 0. The first-order valence-corrected chi connectivity index (χ1v) is 10.3. The molecule has 0 saturated heterocycles. The van der Waals surface area contributed by atoms with Gasteiger partial charge in [0.1, 0.15) is 0 Å². The van der Waals surface area contributed by atoms with Gasteiger partial charge in [-0.25, -0.2) is 30.1 Å². The Morgan fingerprint density at radius 1 is 0.824 bits per heavy atom. The summed E-state index contributed by atoms with van der Waals surface area (Å²) in [5.41, 5.74) is 2.69. The Labute approximate surface area is 119 Å². The Hall–Kier alpha value is -0.158. The van der Waals surface area contributed by atoms with E-state index in [1.807, 2.05) is 18.2 Å². The molecule has 0 aliphatic carbocycles. The van der Waals surface area contributed by atoms with Gasteiger partial charge in [0.2, 0.25) is 0 Å². The van der Waals surface area contributed by atoms with E-state index in [0.717, 1.165) is 6.42 Å². The molecule has 0 saturated carbocycles. The van der Waals surface area contributed by atoms with Crippen molar-refractivity contribution in [3.8, 4) is 0 Å². The van der Waals surface area contributed by atoms with Crippen molar-refractivity contribution in [3.05, 3.63) is 71.8 Å². The third kappa shape index (κ3) is 7.71. The van der Waals surface area contributed by atoms with Crippen molar-refractivity contribution in [2.24, 2.45) is 0 Å². The van der Waals surface area contributed by atoms with E-state index in [0.29, 0.717) is 0 Å². The normalized spacial score (nSPS) is 9.12. The largest absolute Gasteiger partial charge is 0.643 e. The highest BCUT2D eigenvalue weighted by Gasteiger charge is 2.00. The van der Waals surface area contributed by atoms with Crippen LogP contribution in [0.1, 0.15) is 11.1 Å². The minimum atomic E-state index is -1.72. The summed E-state index contributed by atoms with van der Waals surface area (Å²) in [5, 5.41) is 0. The van der Waals surface area contributed by atoms with Crippen molar-refractivity contribution in [2.45, 2.75) is 6.42 Å². The fourth-order valence-corrected chi connectivity index (χ4v) is 1.37. The molecule has 0 fully saturated rings. The van der Waals surface area contributed by atoms with Gasteiger partial charge in [-0.1, -0.05) is 54.6 Å². The SMILES string of the molecule is [Cl][Al]([Cl])[Cl].[c]1ccc(Cc2ccccc2)cc1. The summed E-state index contributed by atoms with van der Waals surface area (Å²) in [6, 6.07) is 21.6. The van der Waals surface area contributed by atoms with Crippen molar-refractivity contribution < 1.29 is 0 Å². The molecule has 17 heavy (non-hydrogen) atoms. The molecule has 0 heterocycles. The monoisotopic (exact) mass is 299 g/mol. The first-order valence-electron chi connectivity index (χ1n) is 5.09. The predicted octanol–water partition coefficient (Wildman–Crippen LogP) is 4.77. The van der Waals surface area contributed by atoms with Gasteiger partial charge in [-0.2, -0.15) is 0 Å². The predicted molar refractivity (Wildman–Crippen MR) is 77.8 cm³/mol. The number of halogens is 3. The van der Waals surface area contributed by atoms with Crippen molar-refractivity contribution in [3.63, 3.8) is 0 Å². The van der Waals surface area contributed by atoms with Crippen molar-refractivity contribution in [2.75, 3.05) is 0 Å². The standard InChI is InChI=1S/C13H11.Al.3ClH/c1-3-7-12(8-4-1)11-13-9-5-2-6-10-13;;;;/h1,3-10H,11H2;;3*1H/q;+3;;;/p-3. The summed E-state index contributed by atoms with van der Waals surface area (Å²) in [4.78, 5) is 0. The Balaban J connectivity index is 0.000000317. The Morgan fingerprint density at radius 2 is 1.29 bits per heavy atom. The zero-order valence-corrected chi connectivity index (χ0v) is 12.5. The fraction of sp³-hybridized carbons (Fsp3) is 0.0769. The van der Waals surface area contributed by atoms with Crippen LogP contribution in [0, 0.1) is 6.07 Å². The highest BCUT2D eigenvalue weighted by molar-refractivity contribution is 7.54. The van der Waals surface area contributed by atoms with Crippen molar-refractivity contribution in [1.29, 1.82) is 0 Å². The maximum absolute atomic E-state index is 4.94. The number of benzene rings is 2. The van der Waals surface area contributed by atoms with Crippen LogP contribution < -0.4 is 0 Å². The second-order valence-electron chi connectivity index (χ2n) is 3.32. The summed E-state index contributed by atoms with van der Waals surface area (Å²) in [6.07, 6.45) is 1.01. The number of rotatable bonds is 2. The van der Waals surface area contributed by atoms with Crippen LogP contribution in [0.25, 0.3) is 0 Å². The highest BCUT2D eigenvalue weighted by atomic mass is 35.8. The van der Waals surface area contributed by atoms with Crippen LogP contribution >= 0.6 is 30.1 Å². The van der Waals surface area contributed by atoms with Gasteiger partial charge in [-0.15, -0.1) is 0 Å². The second kappa shape index (κ2) is 8.86. The fourth-order valence-electron chi connectivity index (χ4n) is 1.37. The summed E-state index contributed by atoms with van der Waals surface area (Å²) >= 11 is -1.72. The molecule has 0 N–H and O–H groups in total. The lowest BCUT2D eigenvalue weighted by molar-refractivity contribution is 1.19. The summed E-state index contributed by atoms with van der Waals surface area (Å²) in [7, 11) is 14.8. The van der Waals surface area contributed by atoms with E-state index in [9.17, 15) is 0 Å². The summed E-state index contributed by atoms with van der Waals surface area (Å²) < 4.78 is 0.